The summed E-state index contributed by atoms with van der Waals surface area (Å²) in [5, 5.41) is 5.62. The van der Waals surface area contributed by atoms with Gasteiger partial charge in [0, 0.05) is 30.1 Å². The molecular formula is C15H17N5. The average molecular weight is 267 g/mol. The lowest BCUT2D eigenvalue weighted by molar-refractivity contribution is 0.795. The Hall–Kier alpha value is -2.43. The van der Waals surface area contributed by atoms with Crippen LogP contribution in [0, 0.1) is 0 Å². The van der Waals surface area contributed by atoms with Crippen LogP contribution < -0.4 is 5.73 Å². The molecule has 0 aliphatic rings. The van der Waals surface area contributed by atoms with E-state index in [9.17, 15) is 0 Å². The molecule has 3 aromatic rings. The first-order valence-corrected chi connectivity index (χ1v) is 6.82. The number of nitrogens with zero attached hydrogens (tertiary/aromatic N) is 4. The Bertz CT molecular complexity index is 760. The van der Waals surface area contributed by atoms with Gasteiger partial charge in [-0.1, -0.05) is 13.8 Å². The number of pyridine rings is 1. The zero-order chi connectivity index (χ0) is 14.1. The molecule has 0 saturated carbocycles. The lowest BCUT2D eigenvalue weighted by Crippen LogP contribution is -2.03. The number of benzene rings is 1. The molecule has 0 aliphatic heterocycles. The molecule has 20 heavy (non-hydrogen) atoms. The molecule has 2 N–H and O–H groups in total. The first-order valence-electron chi connectivity index (χ1n) is 6.82. The van der Waals surface area contributed by atoms with Gasteiger partial charge in [-0.15, -0.1) is 0 Å². The fourth-order valence-electron chi connectivity index (χ4n) is 2.30. The van der Waals surface area contributed by atoms with E-state index in [0.717, 1.165) is 41.1 Å². The maximum Gasteiger partial charge on any atom is 0.151 e. The highest BCUT2D eigenvalue weighted by atomic mass is 15.4. The Morgan fingerprint density at radius 2 is 2.00 bits per heavy atom. The molecule has 1 aromatic carbocycles. The maximum atomic E-state index is 5.82. The van der Waals surface area contributed by atoms with Crippen molar-refractivity contribution in [3.63, 3.8) is 0 Å². The number of fused-ring (bicyclic) bond motifs is 1. The largest absolute Gasteiger partial charge is 0.399 e. The third-order valence-corrected chi connectivity index (χ3v) is 3.32. The van der Waals surface area contributed by atoms with Gasteiger partial charge in [0.05, 0.1) is 11.2 Å². The Balaban J connectivity index is 2.26. The highest BCUT2D eigenvalue weighted by molar-refractivity contribution is 5.88. The van der Waals surface area contributed by atoms with Crippen LogP contribution in [0.3, 0.4) is 0 Å². The molecule has 5 heteroatoms. The molecule has 0 spiro atoms. The molecule has 0 amide bonds. The van der Waals surface area contributed by atoms with Crippen LogP contribution in [0.4, 0.5) is 5.69 Å². The van der Waals surface area contributed by atoms with E-state index in [1.165, 1.54) is 0 Å². The van der Waals surface area contributed by atoms with E-state index >= 15 is 0 Å². The van der Waals surface area contributed by atoms with Crippen molar-refractivity contribution in [2.45, 2.75) is 26.7 Å². The van der Waals surface area contributed by atoms with Crippen LogP contribution in [0.25, 0.3) is 16.6 Å². The minimum Gasteiger partial charge on any atom is -0.399 e. The smallest absolute Gasteiger partial charge is 0.151 e. The van der Waals surface area contributed by atoms with Crippen molar-refractivity contribution < 1.29 is 0 Å². The first-order chi connectivity index (χ1) is 9.72. The molecule has 0 fully saturated rings. The minimum absolute atomic E-state index is 0.714. The molecule has 0 bridgehead atoms. The summed E-state index contributed by atoms with van der Waals surface area (Å²) >= 11 is 0. The third kappa shape index (κ3) is 2.01. The summed E-state index contributed by atoms with van der Waals surface area (Å²) in [7, 11) is 0. The Morgan fingerprint density at radius 1 is 1.15 bits per heavy atom. The fraction of sp³-hybridized carbons (Fsp3) is 0.267. The maximum absolute atomic E-state index is 5.82. The van der Waals surface area contributed by atoms with E-state index < -0.39 is 0 Å². The number of hydrogen-bond acceptors (Lipinski definition) is 4. The van der Waals surface area contributed by atoms with Crippen molar-refractivity contribution in [2.24, 2.45) is 0 Å². The van der Waals surface area contributed by atoms with Crippen molar-refractivity contribution in [2.75, 3.05) is 5.73 Å². The molecule has 2 heterocycles. The van der Waals surface area contributed by atoms with Crippen molar-refractivity contribution in [3.05, 3.63) is 42.1 Å². The number of aromatic nitrogens is 4. The number of hydrogen-bond donors (Lipinski definition) is 1. The van der Waals surface area contributed by atoms with Gasteiger partial charge in [0.15, 0.2) is 5.82 Å². The van der Waals surface area contributed by atoms with Crippen LogP contribution in [-0.2, 0) is 12.8 Å². The topological polar surface area (TPSA) is 69.6 Å². The summed E-state index contributed by atoms with van der Waals surface area (Å²) in [6, 6.07) is 7.71. The SMILES string of the molecule is CCc1nc(CC)n(-c2ccnc3cc(N)ccc23)n1. The van der Waals surface area contributed by atoms with Crippen LogP contribution in [0.5, 0.6) is 0 Å². The van der Waals surface area contributed by atoms with Gasteiger partial charge in [-0.05, 0) is 24.3 Å². The van der Waals surface area contributed by atoms with Gasteiger partial charge in [-0.3, -0.25) is 4.98 Å². The van der Waals surface area contributed by atoms with Crippen molar-refractivity contribution in [3.8, 4) is 5.69 Å². The summed E-state index contributed by atoms with van der Waals surface area (Å²) < 4.78 is 1.92. The second-order valence-electron chi connectivity index (χ2n) is 4.67. The van der Waals surface area contributed by atoms with Crippen LogP contribution in [0.2, 0.25) is 0 Å². The predicted octanol–water partition coefficient (Wildman–Crippen LogP) is 2.52. The number of rotatable bonds is 3. The third-order valence-electron chi connectivity index (χ3n) is 3.32. The Labute approximate surface area is 117 Å². The lowest BCUT2D eigenvalue weighted by atomic mass is 10.1. The summed E-state index contributed by atoms with van der Waals surface area (Å²) in [4.78, 5) is 8.92. The van der Waals surface area contributed by atoms with Crippen LogP contribution >= 0.6 is 0 Å². The monoisotopic (exact) mass is 267 g/mol. The zero-order valence-corrected chi connectivity index (χ0v) is 11.7. The molecule has 0 atom stereocenters. The van der Waals surface area contributed by atoms with Crippen LogP contribution in [0.15, 0.2) is 30.5 Å². The van der Waals surface area contributed by atoms with Gasteiger partial charge >= 0.3 is 0 Å². The standard InChI is InChI=1S/C15H17N5/c1-3-14-18-15(4-2)20(19-14)13-7-8-17-12-9-10(16)5-6-11(12)13/h5-9H,3-4,16H2,1-2H3. The van der Waals surface area contributed by atoms with Gasteiger partial charge in [0.25, 0.3) is 0 Å². The van der Waals surface area contributed by atoms with Crippen molar-refractivity contribution in [1.82, 2.24) is 19.7 Å². The van der Waals surface area contributed by atoms with Crippen LogP contribution in [0.1, 0.15) is 25.5 Å². The summed E-state index contributed by atoms with van der Waals surface area (Å²) in [5.41, 5.74) is 8.41. The van der Waals surface area contributed by atoms with Gasteiger partial charge in [0.2, 0.25) is 0 Å². The zero-order valence-electron chi connectivity index (χ0n) is 11.7. The second kappa shape index (κ2) is 4.92. The average Bonchev–Trinajstić information content (AvgIpc) is 2.89. The Morgan fingerprint density at radius 3 is 2.75 bits per heavy atom. The predicted molar refractivity (Wildman–Crippen MR) is 79.8 cm³/mol. The second-order valence-corrected chi connectivity index (χ2v) is 4.67. The highest BCUT2D eigenvalue weighted by Gasteiger charge is 2.12. The lowest BCUT2D eigenvalue weighted by Gasteiger charge is -2.08. The van der Waals surface area contributed by atoms with Gasteiger partial charge in [-0.2, -0.15) is 5.10 Å². The molecule has 0 unspecified atom stereocenters. The van der Waals surface area contributed by atoms with E-state index in [4.69, 9.17) is 5.73 Å². The van der Waals surface area contributed by atoms with E-state index in [2.05, 4.69) is 28.9 Å². The molecule has 2 aromatic heterocycles. The molecule has 102 valence electrons. The molecule has 3 rings (SSSR count). The number of nitrogen functional groups attached to an aromatic ring is 1. The normalized spacial score (nSPS) is 11.1. The summed E-state index contributed by atoms with van der Waals surface area (Å²) in [6.45, 7) is 4.14. The fourth-order valence-corrected chi connectivity index (χ4v) is 2.30. The summed E-state index contributed by atoms with van der Waals surface area (Å²) in [5.74, 6) is 1.83. The summed E-state index contributed by atoms with van der Waals surface area (Å²) in [6.07, 6.45) is 3.45. The molecule has 5 nitrogen and oxygen atoms in total. The first kappa shape index (κ1) is 12.6. The number of aryl methyl sites for hydroxylation is 2. The van der Waals surface area contributed by atoms with Gasteiger partial charge in [-0.25, -0.2) is 9.67 Å². The van der Waals surface area contributed by atoms with Crippen molar-refractivity contribution in [1.29, 1.82) is 0 Å². The van der Waals surface area contributed by atoms with E-state index in [-0.39, 0.29) is 0 Å². The molecule has 0 radical (unpaired) electrons. The highest BCUT2D eigenvalue weighted by Crippen LogP contribution is 2.23. The van der Waals surface area contributed by atoms with Crippen LogP contribution in [-0.4, -0.2) is 19.7 Å². The van der Waals surface area contributed by atoms with Crippen molar-refractivity contribution >= 4 is 16.6 Å². The molecule has 0 aliphatic carbocycles. The minimum atomic E-state index is 0.714. The van der Waals surface area contributed by atoms with E-state index in [1.807, 2.05) is 28.9 Å². The Kier molecular flexibility index (Phi) is 3.10. The van der Waals surface area contributed by atoms with Gasteiger partial charge < -0.3 is 5.73 Å². The number of anilines is 1. The van der Waals surface area contributed by atoms with Gasteiger partial charge in [0.1, 0.15) is 5.82 Å². The van der Waals surface area contributed by atoms with E-state index in [1.54, 1.807) is 6.20 Å². The number of nitrogens with two attached hydrogens (primary N) is 1. The molecular weight excluding hydrogens is 250 g/mol. The molecule has 0 saturated heterocycles. The quantitative estimate of drug-likeness (QED) is 0.740. The van der Waals surface area contributed by atoms with E-state index in [0.29, 0.717) is 5.69 Å².